The van der Waals surface area contributed by atoms with E-state index in [1.165, 1.54) is 16.7 Å². The quantitative estimate of drug-likeness (QED) is 0.724. The maximum absolute atomic E-state index is 5.16. The fourth-order valence-electron chi connectivity index (χ4n) is 1.76. The fourth-order valence-corrected chi connectivity index (χ4v) is 2.16. The van der Waals surface area contributed by atoms with E-state index >= 15 is 0 Å². The van der Waals surface area contributed by atoms with Crippen molar-refractivity contribution in [2.45, 2.75) is 6.92 Å². The van der Waals surface area contributed by atoms with E-state index in [-0.39, 0.29) is 0 Å². The van der Waals surface area contributed by atoms with Gasteiger partial charge in [-0.3, -0.25) is 0 Å². The molecule has 0 amide bonds. The molecule has 0 saturated carbocycles. The number of rotatable bonds is 3. The number of methoxy groups -OCH3 is 1. The van der Waals surface area contributed by atoms with E-state index in [0.29, 0.717) is 0 Å². The summed E-state index contributed by atoms with van der Waals surface area (Å²) in [6, 6.07) is 16.3. The molecule has 92 valence electrons. The van der Waals surface area contributed by atoms with Gasteiger partial charge in [0.25, 0.3) is 0 Å². The summed E-state index contributed by atoms with van der Waals surface area (Å²) in [4.78, 5) is 0. The second-order valence-corrected chi connectivity index (χ2v) is 4.93. The molecule has 0 saturated heterocycles. The highest BCUT2D eigenvalue weighted by atomic mass is 79.9. The third-order valence-electron chi connectivity index (χ3n) is 2.82. The summed E-state index contributed by atoms with van der Waals surface area (Å²) in [6.45, 7) is 2.11. The Morgan fingerprint density at radius 1 is 1.06 bits per heavy atom. The fraction of sp³-hybridized carbons (Fsp3) is 0.125. The Hall–Kier alpha value is -1.54. The molecule has 1 nitrogen and oxygen atoms in total. The lowest BCUT2D eigenvalue weighted by Crippen LogP contribution is -1.84. The van der Waals surface area contributed by atoms with Crippen LogP contribution in [0.4, 0.5) is 0 Å². The third kappa shape index (κ3) is 3.02. The lowest BCUT2D eigenvalue weighted by molar-refractivity contribution is 0.415. The number of hydrogen-bond acceptors (Lipinski definition) is 1. The number of halogens is 1. The molecule has 2 rings (SSSR count). The van der Waals surface area contributed by atoms with Gasteiger partial charge in [-0.15, -0.1) is 0 Å². The molecule has 0 bridgehead atoms. The summed E-state index contributed by atoms with van der Waals surface area (Å²) in [6.07, 6.45) is 2.17. The van der Waals surface area contributed by atoms with E-state index in [4.69, 9.17) is 4.74 Å². The highest BCUT2D eigenvalue weighted by molar-refractivity contribution is 9.10. The summed E-state index contributed by atoms with van der Waals surface area (Å²) >= 11 is 3.56. The maximum Gasteiger partial charge on any atom is 0.118 e. The van der Waals surface area contributed by atoms with Gasteiger partial charge in [-0.25, -0.2) is 0 Å². The standard InChI is InChI=1S/C16H15BrO/c1-12(11-14-5-3-4-6-16(14)17)13-7-9-15(18-2)10-8-13/h3-11H,1-2H3/b12-11+. The van der Waals surface area contributed by atoms with Crippen LogP contribution in [0.25, 0.3) is 11.6 Å². The van der Waals surface area contributed by atoms with Gasteiger partial charge in [-0.05, 0) is 41.8 Å². The molecule has 0 atom stereocenters. The van der Waals surface area contributed by atoms with Crippen molar-refractivity contribution < 1.29 is 4.74 Å². The van der Waals surface area contributed by atoms with Gasteiger partial charge in [0.05, 0.1) is 7.11 Å². The van der Waals surface area contributed by atoms with E-state index < -0.39 is 0 Å². The molecule has 0 aliphatic heterocycles. The summed E-state index contributed by atoms with van der Waals surface area (Å²) in [5.41, 5.74) is 3.61. The van der Waals surface area contributed by atoms with E-state index in [9.17, 15) is 0 Å². The molecule has 0 N–H and O–H groups in total. The van der Waals surface area contributed by atoms with Crippen LogP contribution in [-0.4, -0.2) is 7.11 Å². The summed E-state index contributed by atoms with van der Waals surface area (Å²) in [5.74, 6) is 0.882. The minimum atomic E-state index is 0.882. The van der Waals surface area contributed by atoms with Crippen LogP contribution in [0.1, 0.15) is 18.1 Å². The summed E-state index contributed by atoms with van der Waals surface area (Å²) < 4.78 is 6.27. The van der Waals surface area contributed by atoms with Gasteiger partial charge in [0.2, 0.25) is 0 Å². The van der Waals surface area contributed by atoms with Crippen LogP contribution in [0.5, 0.6) is 5.75 Å². The van der Waals surface area contributed by atoms with Crippen LogP contribution in [0, 0.1) is 0 Å². The molecule has 2 aromatic carbocycles. The predicted octanol–water partition coefficient (Wildman–Crippen LogP) is 5.02. The lowest BCUT2D eigenvalue weighted by atomic mass is 10.0. The molecule has 0 aromatic heterocycles. The van der Waals surface area contributed by atoms with Crippen molar-refractivity contribution in [3.05, 3.63) is 64.1 Å². The average Bonchev–Trinajstić information content (AvgIpc) is 2.41. The molecular weight excluding hydrogens is 288 g/mol. The summed E-state index contributed by atoms with van der Waals surface area (Å²) in [7, 11) is 1.68. The molecule has 0 radical (unpaired) electrons. The van der Waals surface area contributed by atoms with Crippen molar-refractivity contribution in [3.8, 4) is 5.75 Å². The highest BCUT2D eigenvalue weighted by Crippen LogP contribution is 2.24. The first kappa shape index (κ1) is 12.9. The maximum atomic E-state index is 5.16. The van der Waals surface area contributed by atoms with Crippen LogP contribution in [0.15, 0.2) is 53.0 Å². The molecule has 2 aromatic rings. The van der Waals surface area contributed by atoms with E-state index in [1.54, 1.807) is 7.11 Å². The lowest BCUT2D eigenvalue weighted by Gasteiger charge is -2.05. The molecule has 18 heavy (non-hydrogen) atoms. The molecule has 0 fully saturated rings. The smallest absolute Gasteiger partial charge is 0.118 e. The van der Waals surface area contributed by atoms with Crippen molar-refractivity contribution in [1.29, 1.82) is 0 Å². The van der Waals surface area contributed by atoms with Crippen molar-refractivity contribution in [3.63, 3.8) is 0 Å². The molecule has 0 aliphatic rings. The van der Waals surface area contributed by atoms with Crippen LogP contribution < -0.4 is 4.74 Å². The summed E-state index contributed by atoms with van der Waals surface area (Å²) in [5, 5.41) is 0. The van der Waals surface area contributed by atoms with E-state index in [0.717, 1.165) is 10.2 Å². The number of benzene rings is 2. The second-order valence-electron chi connectivity index (χ2n) is 4.08. The van der Waals surface area contributed by atoms with Crippen molar-refractivity contribution in [1.82, 2.24) is 0 Å². The molecule has 0 spiro atoms. The molecule has 0 aliphatic carbocycles. The van der Waals surface area contributed by atoms with Crippen LogP contribution in [0.2, 0.25) is 0 Å². The third-order valence-corrected chi connectivity index (χ3v) is 3.54. The van der Waals surface area contributed by atoms with Crippen LogP contribution in [-0.2, 0) is 0 Å². The molecular formula is C16H15BrO. The Morgan fingerprint density at radius 3 is 2.33 bits per heavy atom. The zero-order chi connectivity index (χ0) is 13.0. The molecule has 2 heteroatoms. The Balaban J connectivity index is 2.30. The minimum Gasteiger partial charge on any atom is -0.497 e. The first-order valence-corrected chi connectivity index (χ1v) is 6.57. The van der Waals surface area contributed by atoms with Crippen molar-refractivity contribution in [2.24, 2.45) is 0 Å². The Kier molecular flexibility index (Phi) is 4.21. The van der Waals surface area contributed by atoms with Gasteiger partial charge in [-0.1, -0.05) is 52.3 Å². The monoisotopic (exact) mass is 302 g/mol. The number of ether oxygens (including phenoxy) is 1. The number of allylic oxidation sites excluding steroid dienone is 1. The largest absolute Gasteiger partial charge is 0.497 e. The van der Waals surface area contributed by atoms with Gasteiger partial charge >= 0.3 is 0 Å². The molecule has 0 heterocycles. The van der Waals surface area contributed by atoms with E-state index in [1.807, 2.05) is 30.3 Å². The normalized spacial score (nSPS) is 11.4. The van der Waals surface area contributed by atoms with E-state index in [2.05, 4.69) is 47.1 Å². The van der Waals surface area contributed by atoms with Crippen molar-refractivity contribution in [2.75, 3.05) is 7.11 Å². The average molecular weight is 303 g/mol. The van der Waals surface area contributed by atoms with Crippen LogP contribution >= 0.6 is 15.9 Å². The Morgan fingerprint density at radius 2 is 1.72 bits per heavy atom. The van der Waals surface area contributed by atoms with Crippen LogP contribution in [0.3, 0.4) is 0 Å². The zero-order valence-electron chi connectivity index (χ0n) is 10.5. The SMILES string of the molecule is COc1ccc(/C(C)=C/c2ccccc2Br)cc1. The Labute approximate surface area is 116 Å². The first-order valence-electron chi connectivity index (χ1n) is 5.78. The predicted molar refractivity (Wildman–Crippen MR) is 80.7 cm³/mol. The highest BCUT2D eigenvalue weighted by Gasteiger charge is 1.99. The number of hydrogen-bond donors (Lipinski definition) is 0. The van der Waals surface area contributed by atoms with Gasteiger partial charge in [-0.2, -0.15) is 0 Å². The van der Waals surface area contributed by atoms with Gasteiger partial charge in [0.15, 0.2) is 0 Å². The minimum absolute atomic E-state index is 0.882. The first-order chi connectivity index (χ1) is 8.70. The van der Waals surface area contributed by atoms with Gasteiger partial charge in [0.1, 0.15) is 5.75 Å². The zero-order valence-corrected chi connectivity index (χ0v) is 12.1. The topological polar surface area (TPSA) is 9.23 Å². The molecule has 0 unspecified atom stereocenters. The van der Waals surface area contributed by atoms with Gasteiger partial charge < -0.3 is 4.74 Å². The van der Waals surface area contributed by atoms with Gasteiger partial charge in [0, 0.05) is 4.47 Å². The van der Waals surface area contributed by atoms with Crippen molar-refractivity contribution >= 4 is 27.6 Å². The second kappa shape index (κ2) is 5.87. The Bertz CT molecular complexity index is 556.